The fraction of sp³-hybridized carbons (Fsp3) is 0.0833. The van der Waals surface area contributed by atoms with Gasteiger partial charge in [-0.15, -0.1) is 10.2 Å². The zero-order valence-electron chi connectivity index (χ0n) is 9.96. The number of nitrogens with zero attached hydrogens (tertiary/aromatic N) is 2. The summed E-state index contributed by atoms with van der Waals surface area (Å²) in [7, 11) is 0. The summed E-state index contributed by atoms with van der Waals surface area (Å²) >= 11 is 0. The molecule has 0 aliphatic carbocycles. The molecule has 2 N–H and O–H groups in total. The van der Waals surface area contributed by atoms with E-state index < -0.39 is 12.6 Å². The van der Waals surface area contributed by atoms with E-state index in [1.807, 2.05) is 0 Å². The molecule has 20 heavy (non-hydrogen) atoms. The van der Waals surface area contributed by atoms with Crippen molar-refractivity contribution in [2.75, 3.05) is 5.32 Å². The average molecular weight is 281 g/mol. The minimum absolute atomic E-state index is 0.0397. The molecule has 0 unspecified atom stereocenters. The molecule has 0 radical (unpaired) electrons. The van der Waals surface area contributed by atoms with Gasteiger partial charge in [0.15, 0.2) is 11.5 Å². The fourth-order valence-electron chi connectivity index (χ4n) is 1.38. The van der Waals surface area contributed by atoms with Crippen LogP contribution in [0.2, 0.25) is 0 Å². The molecule has 0 fully saturated rings. The number of ether oxygens (including phenoxy) is 1. The Morgan fingerprint density at radius 3 is 2.35 bits per heavy atom. The smallest absolute Gasteiger partial charge is 0.387 e. The molecule has 1 aromatic carbocycles. The summed E-state index contributed by atoms with van der Waals surface area (Å²) in [6.45, 7) is -2.87. The van der Waals surface area contributed by atoms with E-state index in [1.165, 1.54) is 36.4 Å². The first kappa shape index (κ1) is 13.7. The summed E-state index contributed by atoms with van der Waals surface area (Å²) < 4.78 is 28.1. The number of carbonyl (C=O) groups is 1. The van der Waals surface area contributed by atoms with Crippen molar-refractivity contribution < 1.29 is 23.4 Å². The van der Waals surface area contributed by atoms with Crippen molar-refractivity contribution in [1.29, 1.82) is 0 Å². The molecule has 0 spiro atoms. The van der Waals surface area contributed by atoms with Crippen LogP contribution in [-0.4, -0.2) is 27.9 Å². The number of aromatic carboxylic acids is 1. The van der Waals surface area contributed by atoms with Crippen molar-refractivity contribution in [2.24, 2.45) is 0 Å². The number of carboxylic acid groups (broad SMARTS) is 1. The Kier molecular flexibility index (Phi) is 4.04. The van der Waals surface area contributed by atoms with Gasteiger partial charge in [0.05, 0.1) is 0 Å². The second-order valence-corrected chi connectivity index (χ2v) is 3.64. The maximum Gasteiger partial charge on any atom is 0.387 e. The minimum Gasteiger partial charge on any atom is -0.476 e. The SMILES string of the molecule is O=C(O)c1ccc(Nc2ccc(OC(F)F)cc2)nn1. The molecule has 2 rings (SSSR count). The third-order valence-electron chi connectivity index (χ3n) is 2.24. The van der Waals surface area contributed by atoms with Gasteiger partial charge in [0.2, 0.25) is 0 Å². The van der Waals surface area contributed by atoms with E-state index in [2.05, 4.69) is 20.3 Å². The summed E-state index contributed by atoms with van der Waals surface area (Å²) in [6, 6.07) is 8.52. The molecular weight excluding hydrogens is 272 g/mol. The largest absolute Gasteiger partial charge is 0.476 e. The van der Waals surface area contributed by atoms with Crippen LogP contribution in [0, 0.1) is 0 Å². The van der Waals surface area contributed by atoms with Crippen molar-refractivity contribution in [3.63, 3.8) is 0 Å². The zero-order valence-corrected chi connectivity index (χ0v) is 9.96. The van der Waals surface area contributed by atoms with E-state index in [4.69, 9.17) is 5.11 Å². The number of aromatic nitrogens is 2. The van der Waals surface area contributed by atoms with Crippen molar-refractivity contribution in [3.8, 4) is 5.75 Å². The Morgan fingerprint density at radius 2 is 1.85 bits per heavy atom. The van der Waals surface area contributed by atoms with Crippen LogP contribution in [0.3, 0.4) is 0 Å². The molecule has 0 saturated carbocycles. The average Bonchev–Trinajstić information content (AvgIpc) is 2.41. The fourth-order valence-corrected chi connectivity index (χ4v) is 1.38. The highest BCUT2D eigenvalue weighted by atomic mass is 19.3. The van der Waals surface area contributed by atoms with Gasteiger partial charge in [-0.1, -0.05) is 0 Å². The van der Waals surface area contributed by atoms with Gasteiger partial charge in [-0.05, 0) is 36.4 Å². The molecule has 0 saturated heterocycles. The second-order valence-electron chi connectivity index (χ2n) is 3.64. The summed E-state index contributed by atoms with van der Waals surface area (Å²) in [5, 5.41) is 18.7. The highest BCUT2D eigenvalue weighted by Gasteiger charge is 2.06. The zero-order chi connectivity index (χ0) is 14.5. The Morgan fingerprint density at radius 1 is 1.15 bits per heavy atom. The van der Waals surface area contributed by atoms with Crippen LogP contribution in [0.1, 0.15) is 10.5 Å². The third-order valence-corrected chi connectivity index (χ3v) is 2.24. The predicted molar refractivity (Wildman–Crippen MR) is 65.3 cm³/mol. The van der Waals surface area contributed by atoms with Gasteiger partial charge in [-0.3, -0.25) is 0 Å². The number of benzene rings is 1. The van der Waals surface area contributed by atoms with Gasteiger partial charge in [0.1, 0.15) is 5.75 Å². The predicted octanol–water partition coefficient (Wildman–Crippen LogP) is 2.52. The third kappa shape index (κ3) is 3.61. The normalized spacial score (nSPS) is 10.3. The lowest BCUT2D eigenvalue weighted by atomic mass is 10.3. The van der Waals surface area contributed by atoms with Crippen LogP contribution in [0.5, 0.6) is 5.75 Å². The molecule has 0 aliphatic rings. The van der Waals surface area contributed by atoms with Crippen molar-refractivity contribution in [3.05, 3.63) is 42.1 Å². The lowest BCUT2D eigenvalue weighted by Crippen LogP contribution is -2.04. The summed E-state index contributed by atoms with van der Waals surface area (Å²) in [5.41, 5.74) is 0.403. The quantitative estimate of drug-likeness (QED) is 0.876. The van der Waals surface area contributed by atoms with Crippen molar-refractivity contribution in [2.45, 2.75) is 6.61 Å². The number of nitrogens with one attached hydrogen (secondary N) is 1. The number of hydrogen-bond donors (Lipinski definition) is 2. The highest BCUT2D eigenvalue weighted by molar-refractivity contribution is 5.85. The van der Waals surface area contributed by atoms with E-state index in [9.17, 15) is 13.6 Å². The molecule has 1 heterocycles. The van der Waals surface area contributed by atoms with E-state index >= 15 is 0 Å². The van der Waals surface area contributed by atoms with Crippen molar-refractivity contribution >= 4 is 17.5 Å². The van der Waals surface area contributed by atoms with Crippen LogP contribution in [0.25, 0.3) is 0 Å². The highest BCUT2D eigenvalue weighted by Crippen LogP contribution is 2.20. The first-order chi connectivity index (χ1) is 9.54. The standard InChI is InChI=1S/C12H9F2N3O3/c13-12(14)20-8-3-1-7(2-4-8)15-10-6-5-9(11(18)19)16-17-10/h1-6,12H,(H,15,17)(H,18,19). The van der Waals surface area contributed by atoms with Crippen LogP contribution in [0.15, 0.2) is 36.4 Å². The molecule has 0 aliphatic heterocycles. The molecule has 1 aromatic heterocycles. The first-order valence-corrected chi connectivity index (χ1v) is 5.43. The van der Waals surface area contributed by atoms with Gasteiger partial charge in [-0.25, -0.2) is 4.79 Å². The molecular formula is C12H9F2N3O3. The Labute approximate surface area is 112 Å². The number of carboxylic acids is 1. The molecule has 2 aromatic rings. The van der Waals surface area contributed by atoms with E-state index in [0.717, 1.165) is 0 Å². The number of anilines is 2. The van der Waals surface area contributed by atoms with Crippen LogP contribution in [0.4, 0.5) is 20.3 Å². The number of rotatable bonds is 5. The van der Waals surface area contributed by atoms with Gasteiger partial charge < -0.3 is 15.2 Å². The van der Waals surface area contributed by atoms with E-state index in [1.54, 1.807) is 0 Å². The first-order valence-electron chi connectivity index (χ1n) is 5.43. The topological polar surface area (TPSA) is 84.3 Å². The summed E-state index contributed by atoms with van der Waals surface area (Å²) in [6.07, 6.45) is 0. The number of alkyl halides is 2. The number of halogens is 2. The van der Waals surface area contributed by atoms with Crippen LogP contribution < -0.4 is 10.1 Å². The van der Waals surface area contributed by atoms with Gasteiger partial charge in [0.25, 0.3) is 0 Å². The summed E-state index contributed by atoms with van der Waals surface area (Å²) in [4.78, 5) is 10.6. The Hall–Kier alpha value is -2.77. The lowest BCUT2D eigenvalue weighted by Gasteiger charge is -2.07. The molecule has 0 amide bonds. The molecule has 104 valence electrons. The van der Waals surface area contributed by atoms with Crippen LogP contribution in [-0.2, 0) is 0 Å². The number of hydrogen-bond acceptors (Lipinski definition) is 5. The Bertz CT molecular complexity index is 588. The minimum atomic E-state index is -2.87. The molecule has 0 atom stereocenters. The van der Waals surface area contributed by atoms with E-state index in [0.29, 0.717) is 11.5 Å². The van der Waals surface area contributed by atoms with Gasteiger partial charge in [-0.2, -0.15) is 8.78 Å². The lowest BCUT2D eigenvalue weighted by molar-refractivity contribution is -0.0498. The van der Waals surface area contributed by atoms with E-state index in [-0.39, 0.29) is 11.4 Å². The maximum absolute atomic E-state index is 12.0. The molecule has 8 heteroatoms. The van der Waals surface area contributed by atoms with Gasteiger partial charge in [0, 0.05) is 5.69 Å². The van der Waals surface area contributed by atoms with Crippen molar-refractivity contribution in [1.82, 2.24) is 10.2 Å². The Balaban J connectivity index is 2.04. The monoisotopic (exact) mass is 281 g/mol. The maximum atomic E-state index is 12.0. The van der Waals surface area contributed by atoms with Gasteiger partial charge >= 0.3 is 12.6 Å². The second kappa shape index (κ2) is 5.91. The molecule has 0 bridgehead atoms. The summed E-state index contributed by atoms with van der Waals surface area (Å²) in [5.74, 6) is -0.798. The molecule has 6 nitrogen and oxygen atoms in total. The van der Waals surface area contributed by atoms with Crippen LogP contribution >= 0.6 is 0 Å².